The van der Waals surface area contributed by atoms with Crippen molar-refractivity contribution < 1.29 is 14.0 Å². The third-order valence-electron chi connectivity index (χ3n) is 4.43. The average molecular weight is 341 g/mol. The van der Waals surface area contributed by atoms with E-state index in [1.54, 1.807) is 55.3 Å². The Morgan fingerprint density at radius 2 is 1.92 bits per heavy atom. The zero-order valence-corrected chi connectivity index (χ0v) is 14.2. The smallest absolute Gasteiger partial charge is 0.244 e. The number of rotatable bonds is 4. The van der Waals surface area contributed by atoms with Gasteiger partial charge in [0.05, 0.1) is 17.4 Å². The number of anilines is 2. The Hall–Kier alpha value is -2.73. The summed E-state index contributed by atoms with van der Waals surface area (Å²) in [6.45, 7) is 2.05. The topological polar surface area (TPSA) is 52.7 Å². The lowest BCUT2D eigenvalue weighted by atomic mass is 10.1. The molecule has 1 aliphatic rings. The van der Waals surface area contributed by atoms with E-state index in [2.05, 4.69) is 5.32 Å². The van der Waals surface area contributed by atoms with Crippen LogP contribution in [0.3, 0.4) is 0 Å². The summed E-state index contributed by atoms with van der Waals surface area (Å²) < 4.78 is 13.8. The summed E-state index contributed by atoms with van der Waals surface area (Å²) >= 11 is 0. The summed E-state index contributed by atoms with van der Waals surface area (Å²) in [5.74, 6) is -0.714. The SMILES string of the molecule is C[C@H](C(=O)N1CC(=O)Nc2ccccc21)N(C)Cc1ccccc1F. The fourth-order valence-corrected chi connectivity index (χ4v) is 2.88. The number of carbonyl (C=O) groups is 2. The van der Waals surface area contributed by atoms with Crippen molar-refractivity contribution in [1.29, 1.82) is 0 Å². The van der Waals surface area contributed by atoms with Crippen LogP contribution >= 0.6 is 0 Å². The van der Waals surface area contributed by atoms with Gasteiger partial charge in [-0.3, -0.25) is 19.4 Å². The molecule has 0 aromatic heterocycles. The Kier molecular flexibility index (Phi) is 4.81. The maximum atomic E-state index is 13.8. The molecule has 0 saturated heterocycles. The van der Waals surface area contributed by atoms with E-state index in [4.69, 9.17) is 0 Å². The molecule has 2 aromatic carbocycles. The van der Waals surface area contributed by atoms with Crippen LogP contribution in [0.4, 0.5) is 15.8 Å². The van der Waals surface area contributed by atoms with Crippen molar-refractivity contribution in [2.75, 3.05) is 23.8 Å². The van der Waals surface area contributed by atoms with Gasteiger partial charge in [-0.2, -0.15) is 0 Å². The molecule has 5 nitrogen and oxygen atoms in total. The maximum absolute atomic E-state index is 13.8. The summed E-state index contributed by atoms with van der Waals surface area (Å²) in [7, 11) is 1.77. The molecule has 1 heterocycles. The zero-order chi connectivity index (χ0) is 18.0. The highest BCUT2D eigenvalue weighted by molar-refractivity contribution is 6.11. The molecule has 2 amide bonds. The van der Waals surface area contributed by atoms with Gasteiger partial charge < -0.3 is 5.32 Å². The predicted molar refractivity (Wildman–Crippen MR) is 94.8 cm³/mol. The number of halogens is 1. The molecular weight excluding hydrogens is 321 g/mol. The van der Waals surface area contributed by atoms with Crippen molar-refractivity contribution in [3.63, 3.8) is 0 Å². The molecule has 0 unspecified atom stereocenters. The Balaban J connectivity index is 1.78. The van der Waals surface area contributed by atoms with Crippen LogP contribution in [-0.2, 0) is 16.1 Å². The van der Waals surface area contributed by atoms with Crippen molar-refractivity contribution in [2.24, 2.45) is 0 Å². The minimum absolute atomic E-state index is 0.0201. The van der Waals surface area contributed by atoms with Crippen LogP contribution in [0.15, 0.2) is 48.5 Å². The van der Waals surface area contributed by atoms with E-state index in [1.165, 1.54) is 11.0 Å². The van der Waals surface area contributed by atoms with Crippen LogP contribution in [0.2, 0.25) is 0 Å². The molecule has 1 atom stereocenters. The highest BCUT2D eigenvalue weighted by atomic mass is 19.1. The van der Waals surface area contributed by atoms with E-state index >= 15 is 0 Å². The van der Waals surface area contributed by atoms with Crippen LogP contribution in [0.5, 0.6) is 0 Å². The normalized spacial score (nSPS) is 14.9. The van der Waals surface area contributed by atoms with E-state index < -0.39 is 6.04 Å². The highest BCUT2D eigenvalue weighted by Gasteiger charge is 2.31. The number of para-hydroxylation sites is 2. The largest absolute Gasteiger partial charge is 0.323 e. The molecule has 130 valence electrons. The number of carbonyl (C=O) groups excluding carboxylic acids is 2. The zero-order valence-electron chi connectivity index (χ0n) is 14.2. The van der Waals surface area contributed by atoms with Gasteiger partial charge in [0, 0.05) is 12.1 Å². The van der Waals surface area contributed by atoms with Crippen molar-refractivity contribution in [3.8, 4) is 0 Å². The van der Waals surface area contributed by atoms with E-state index in [1.807, 2.05) is 6.07 Å². The summed E-state index contributed by atoms with van der Waals surface area (Å²) in [6, 6.07) is 13.2. The molecular formula is C19H20FN3O2. The van der Waals surface area contributed by atoms with Gasteiger partial charge in [0.25, 0.3) is 0 Å². The van der Waals surface area contributed by atoms with E-state index in [-0.39, 0.29) is 24.2 Å². The second kappa shape index (κ2) is 7.03. The first-order valence-corrected chi connectivity index (χ1v) is 8.11. The first-order valence-electron chi connectivity index (χ1n) is 8.11. The molecule has 0 fully saturated rings. The number of hydrogen-bond donors (Lipinski definition) is 1. The summed E-state index contributed by atoms with van der Waals surface area (Å²) in [5, 5.41) is 2.76. The number of benzene rings is 2. The first-order chi connectivity index (χ1) is 12.0. The Bertz CT molecular complexity index is 809. The van der Waals surface area contributed by atoms with Crippen LogP contribution < -0.4 is 10.2 Å². The Labute approximate surface area is 146 Å². The quantitative estimate of drug-likeness (QED) is 0.930. The van der Waals surface area contributed by atoms with Gasteiger partial charge in [-0.1, -0.05) is 30.3 Å². The number of nitrogens with one attached hydrogen (secondary N) is 1. The lowest BCUT2D eigenvalue weighted by molar-refractivity contribution is -0.125. The molecule has 0 radical (unpaired) electrons. The minimum atomic E-state index is -0.501. The van der Waals surface area contributed by atoms with Crippen LogP contribution in [0, 0.1) is 5.82 Å². The molecule has 1 N–H and O–H groups in total. The molecule has 0 bridgehead atoms. The van der Waals surface area contributed by atoms with E-state index in [0.29, 0.717) is 23.5 Å². The minimum Gasteiger partial charge on any atom is -0.323 e. The van der Waals surface area contributed by atoms with Gasteiger partial charge >= 0.3 is 0 Å². The number of fused-ring (bicyclic) bond motifs is 1. The molecule has 0 saturated carbocycles. The second-order valence-electron chi connectivity index (χ2n) is 6.17. The first kappa shape index (κ1) is 17.1. The lowest BCUT2D eigenvalue weighted by Gasteiger charge is -2.33. The number of amides is 2. The summed E-state index contributed by atoms with van der Waals surface area (Å²) in [4.78, 5) is 28.1. The lowest BCUT2D eigenvalue weighted by Crippen LogP contribution is -2.50. The molecule has 6 heteroatoms. The second-order valence-corrected chi connectivity index (χ2v) is 6.17. The standard InChI is InChI=1S/C19H20FN3O2/c1-13(22(2)11-14-7-3-4-8-15(14)20)19(25)23-12-18(24)21-16-9-5-6-10-17(16)23/h3-10,13H,11-12H2,1-2H3,(H,21,24)/t13-/m1/s1. The van der Waals surface area contributed by atoms with Gasteiger partial charge in [-0.15, -0.1) is 0 Å². The number of nitrogens with zero attached hydrogens (tertiary/aromatic N) is 2. The summed E-state index contributed by atoms with van der Waals surface area (Å²) in [6.07, 6.45) is 0. The van der Waals surface area contributed by atoms with Gasteiger partial charge in [0.1, 0.15) is 12.4 Å². The predicted octanol–water partition coefficient (Wildman–Crippen LogP) is 2.63. The number of likely N-dealkylation sites (N-methyl/N-ethyl adjacent to an activating group) is 1. The van der Waals surface area contributed by atoms with Gasteiger partial charge in [0.2, 0.25) is 11.8 Å². The Morgan fingerprint density at radius 3 is 2.68 bits per heavy atom. The molecule has 3 rings (SSSR count). The molecule has 1 aliphatic heterocycles. The van der Waals surface area contributed by atoms with Gasteiger partial charge in [-0.25, -0.2) is 4.39 Å². The molecule has 0 aliphatic carbocycles. The van der Waals surface area contributed by atoms with Crippen molar-refractivity contribution in [2.45, 2.75) is 19.5 Å². The van der Waals surface area contributed by atoms with Crippen molar-refractivity contribution in [3.05, 3.63) is 59.9 Å². The van der Waals surface area contributed by atoms with Crippen LogP contribution in [0.25, 0.3) is 0 Å². The molecule has 0 spiro atoms. The van der Waals surface area contributed by atoms with Gasteiger partial charge in [-0.05, 0) is 32.2 Å². The third-order valence-corrected chi connectivity index (χ3v) is 4.43. The van der Waals surface area contributed by atoms with Crippen LogP contribution in [-0.4, -0.2) is 36.3 Å². The molecule has 2 aromatic rings. The van der Waals surface area contributed by atoms with Crippen LogP contribution in [0.1, 0.15) is 12.5 Å². The monoisotopic (exact) mass is 341 g/mol. The maximum Gasteiger partial charge on any atom is 0.244 e. The Morgan fingerprint density at radius 1 is 1.24 bits per heavy atom. The average Bonchev–Trinajstić information content (AvgIpc) is 2.61. The van der Waals surface area contributed by atoms with E-state index in [9.17, 15) is 14.0 Å². The van der Waals surface area contributed by atoms with Gasteiger partial charge in [0.15, 0.2) is 0 Å². The van der Waals surface area contributed by atoms with E-state index in [0.717, 1.165) is 0 Å². The van der Waals surface area contributed by atoms with Crippen molar-refractivity contribution in [1.82, 2.24) is 4.90 Å². The van der Waals surface area contributed by atoms with Crippen molar-refractivity contribution >= 4 is 23.2 Å². The molecule has 25 heavy (non-hydrogen) atoms. The third kappa shape index (κ3) is 3.53. The highest BCUT2D eigenvalue weighted by Crippen LogP contribution is 2.29. The number of hydrogen-bond acceptors (Lipinski definition) is 3. The fourth-order valence-electron chi connectivity index (χ4n) is 2.88. The fraction of sp³-hybridized carbons (Fsp3) is 0.263. The summed E-state index contributed by atoms with van der Waals surface area (Å²) in [5.41, 5.74) is 1.83.